The van der Waals surface area contributed by atoms with Crippen LogP contribution >= 0.6 is 0 Å². The van der Waals surface area contributed by atoms with E-state index in [9.17, 15) is 18.0 Å². The van der Waals surface area contributed by atoms with Crippen LogP contribution in [0.25, 0.3) is 0 Å². The second kappa shape index (κ2) is 14.7. The molecule has 3 aromatic rings. The summed E-state index contributed by atoms with van der Waals surface area (Å²) in [6, 6.07) is 20.2. The second-order valence-electron chi connectivity index (χ2n) is 9.95. The van der Waals surface area contributed by atoms with Gasteiger partial charge in [0.2, 0.25) is 11.8 Å². The number of rotatable bonds is 14. The molecule has 0 aliphatic rings. The van der Waals surface area contributed by atoms with Crippen LogP contribution in [0.1, 0.15) is 50.3 Å². The summed E-state index contributed by atoms with van der Waals surface area (Å²) in [6.45, 7) is 9.91. The molecule has 2 amide bonds. The number of ether oxygens (including phenoxy) is 1. The molecule has 3 aromatic carbocycles. The average molecular weight is 580 g/mol. The Balaban J connectivity index is 2.09. The number of benzene rings is 3. The van der Waals surface area contributed by atoms with Gasteiger partial charge in [-0.3, -0.25) is 13.9 Å². The molecule has 41 heavy (non-hydrogen) atoms. The Bertz CT molecular complexity index is 1410. The Hall–Kier alpha value is -3.85. The van der Waals surface area contributed by atoms with Crippen LogP contribution in [0, 0.1) is 13.8 Å². The highest BCUT2D eigenvalue weighted by atomic mass is 32.2. The number of aryl methyl sites for hydroxylation is 2. The molecule has 3 rings (SSSR count). The molecular weight excluding hydrogens is 538 g/mol. The molecule has 0 unspecified atom stereocenters. The van der Waals surface area contributed by atoms with Gasteiger partial charge in [-0.15, -0.1) is 0 Å². The predicted molar refractivity (Wildman–Crippen MR) is 162 cm³/mol. The van der Waals surface area contributed by atoms with Gasteiger partial charge in [0.15, 0.2) is 0 Å². The van der Waals surface area contributed by atoms with E-state index in [1.165, 1.54) is 17.0 Å². The van der Waals surface area contributed by atoms with Gasteiger partial charge in [0.25, 0.3) is 10.0 Å². The standard InChI is InChI=1S/C32H41N3O5S/c1-6-21-33-32(37)28(7-2)34(22-26-17-13-24(4)14-18-26)31(36)23-35(29-11-9-10-12-30(29)40-8-3)41(38,39)27-19-15-25(5)16-20-27/h9-20,28H,6-8,21-23H2,1-5H3,(H,33,37)/t28-/m0/s1. The number of carbonyl (C=O) groups is 2. The lowest BCUT2D eigenvalue weighted by atomic mass is 10.1. The van der Waals surface area contributed by atoms with Gasteiger partial charge in [-0.25, -0.2) is 8.42 Å². The van der Waals surface area contributed by atoms with Crippen LogP contribution in [0.4, 0.5) is 5.69 Å². The molecule has 9 heteroatoms. The molecule has 0 saturated heterocycles. The van der Waals surface area contributed by atoms with E-state index in [1.807, 2.05) is 58.9 Å². The summed E-state index contributed by atoms with van der Waals surface area (Å²) in [4.78, 5) is 28.9. The summed E-state index contributed by atoms with van der Waals surface area (Å²) >= 11 is 0. The molecule has 0 bridgehead atoms. The van der Waals surface area contributed by atoms with Crippen molar-refractivity contribution in [2.45, 2.75) is 64.9 Å². The molecular formula is C32H41N3O5S. The molecule has 0 radical (unpaired) electrons. The van der Waals surface area contributed by atoms with Crippen LogP contribution in [0.15, 0.2) is 77.7 Å². The largest absolute Gasteiger partial charge is 0.492 e. The number of nitrogens with one attached hydrogen (secondary N) is 1. The first-order valence-electron chi connectivity index (χ1n) is 14.1. The molecule has 8 nitrogen and oxygen atoms in total. The summed E-state index contributed by atoms with van der Waals surface area (Å²) in [7, 11) is -4.18. The Labute approximate surface area is 244 Å². The van der Waals surface area contributed by atoms with Crippen LogP contribution in [-0.4, -0.2) is 50.9 Å². The number of hydrogen-bond donors (Lipinski definition) is 1. The van der Waals surface area contributed by atoms with Gasteiger partial charge >= 0.3 is 0 Å². The van der Waals surface area contributed by atoms with Crippen molar-refractivity contribution in [3.05, 3.63) is 89.5 Å². The zero-order chi connectivity index (χ0) is 30.0. The van der Waals surface area contributed by atoms with E-state index in [1.54, 1.807) is 36.4 Å². The number of carbonyl (C=O) groups excluding carboxylic acids is 2. The Morgan fingerprint density at radius 3 is 2.07 bits per heavy atom. The highest BCUT2D eigenvalue weighted by molar-refractivity contribution is 7.92. The van der Waals surface area contributed by atoms with Crippen molar-refractivity contribution >= 4 is 27.5 Å². The highest BCUT2D eigenvalue weighted by Gasteiger charge is 2.34. The fourth-order valence-electron chi connectivity index (χ4n) is 4.47. The molecule has 0 aromatic heterocycles. The molecule has 1 N–H and O–H groups in total. The normalized spacial score (nSPS) is 11.9. The third-order valence-electron chi connectivity index (χ3n) is 6.73. The molecule has 0 aliphatic heterocycles. The van der Waals surface area contributed by atoms with Crippen molar-refractivity contribution in [3.63, 3.8) is 0 Å². The third-order valence-corrected chi connectivity index (χ3v) is 8.50. The van der Waals surface area contributed by atoms with Gasteiger partial charge in [-0.05, 0) is 63.4 Å². The first-order chi connectivity index (χ1) is 19.6. The maximum absolute atomic E-state index is 14.2. The molecule has 0 spiro atoms. The molecule has 0 fully saturated rings. The van der Waals surface area contributed by atoms with Crippen LogP contribution in [0.5, 0.6) is 5.75 Å². The van der Waals surface area contributed by atoms with Gasteiger partial charge in [0.1, 0.15) is 18.3 Å². The van der Waals surface area contributed by atoms with Crippen molar-refractivity contribution in [1.82, 2.24) is 10.2 Å². The molecule has 0 saturated carbocycles. The summed E-state index contributed by atoms with van der Waals surface area (Å²) < 4.78 is 35.0. The number of para-hydroxylation sites is 2. The molecule has 0 heterocycles. The molecule has 1 atom stereocenters. The summed E-state index contributed by atoms with van der Waals surface area (Å²) in [6.07, 6.45) is 1.12. The van der Waals surface area contributed by atoms with Crippen molar-refractivity contribution in [3.8, 4) is 5.75 Å². The third kappa shape index (κ3) is 8.10. The summed E-state index contributed by atoms with van der Waals surface area (Å²) in [5.41, 5.74) is 3.08. The Kier molecular flexibility index (Phi) is 11.3. The lowest BCUT2D eigenvalue weighted by molar-refractivity contribution is -0.140. The van der Waals surface area contributed by atoms with E-state index in [2.05, 4.69) is 5.32 Å². The maximum Gasteiger partial charge on any atom is 0.264 e. The zero-order valence-corrected chi connectivity index (χ0v) is 25.4. The van der Waals surface area contributed by atoms with Crippen molar-refractivity contribution in [1.29, 1.82) is 0 Å². The van der Waals surface area contributed by atoms with E-state index >= 15 is 0 Å². The first-order valence-corrected chi connectivity index (χ1v) is 15.5. The second-order valence-corrected chi connectivity index (χ2v) is 11.8. The topological polar surface area (TPSA) is 96.0 Å². The maximum atomic E-state index is 14.2. The first kappa shape index (κ1) is 31.7. The van der Waals surface area contributed by atoms with Gasteiger partial charge in [0, 0.05) is 13.1 Å². The quantitative estimate of drug-likeness (QED) is 0.282. The van der Waals surface area contributed by atoms with E-state index < -0.39 is 28.5 Å². The number of anilines is 1. The smallest absolute Gasteiger partial charge is 0.264 e. The Morgan fingerprint density at radius 1 is 0.878 bits per heavy atom. The number of nitrogens with zero attached hydrogens (tertiary/aromatic N) is 2. The molecule has 0 aliphatic carbocycles. The SMILES string of the molecule is CCCNC(=O)[C@H](CC)N(Cc1ccc(C)cc1)C(=O)CN(c1ccccc1OCC)S(=O)(=O)c1ccc(C)cc1. The van der Waals surface area contributed by atoms with Gasteiger partial charge in [-0.2, -0.15) is 0 Å². The zero-order valence-electron chi connectivity index (χ0n) is 24.6. The van der Waals surface area contributed by atoms with E-state index in [0.29, 0.717) is 25.3 Å². The summed E-state index contributed by atoms with van der Waals surface area (Å²) in [5.74, 6) is -0.417. The lowest BCUT2D eigenvalue weighted by Crippen LogP contribution is -2.52. The van der Waals surface area contributed by atoms with Crippen LogP contribution in [0.2, 0.25) is 0 Å². The minimum absolute atomic E-state index is 0.0556. The van der Waals surface area contributed by atoms with Crippen LogP contribution in [-0.2, 0) is 26.2 Å². The van der Waals surface area contributed by atoms with Crippen molar-refractivity contribution < 1.29 is 22.7 Å². The highest BCUT2D eigenvalue weighted by Crippen LogP contribution is 2.33. The lowest BCUT2D eigenvalue weighted by Gasteiger charge is -2.33. The predicted octanol–water partition coefficient (Wildman–Crippen LogP) is 5.23. The average Bonchev–Trinajstić information content (AvgIpc) is 2.96. The monoisotopic (exact) mass is 579 g/mol. The number of sulfonamides is 1. The van der Waals surface area contributed by atoms with Crippen molar-refractivity contribution in [2.75, 3.05) is 24.0 Å². The number of hydrogen-bond acceptors (Lipinski definition) is 5. The summed E-state index contributed by atoms with van der Waals surface area (Å²) in [5, 5.41) is 2.90. The molecule has 220 valence electrons. The van der Waals surface area contributed by atoms with Gasteiger partial charge < -0.3 is 15.0 Å². The fourth-order valence-corrected chi connectivity index (χ4v) is 5.89. The van der Waals surface area contributed by atoms with Crippen LogP contribution < -0.4 is 14.4 Å². The van der Waals surface area contributed by atoms with Gasteiger partial charge in [-0.1, -0.05) is 73.5 Å². The fraction of sp³-hybridized carbons (Fsp3) is 0.375. The van der Waals surface area contributed by atoms with Gasteiger partial charge in [0.05, 0.1) is 17.2 Å². The van der Waals surface area contributed by atoms with Crippen molar-refractivity contribution in [2.24, 2.45) is 0 Å². The van der Waals surface area contributed by atoms with Crippen LogP contribution in [0.3, 0.4) is 0 Å². The Morgan fingerprint density at radius 2 is 1.49 bits per heavy atom. The minimum Gasteiger partial charge on any atom is -0.492 e. The van der Waals surface area contributed by atoms with E-state index in [0.717, 1.165) is 27.4 Å². The minimum atomic E-state index is -4.18. The number of amides is 2. The van der Waals surface area contributed by atoms with E-state index in [-0.39, 0.29) is 23.0 Å². The van der Waals surface area contributed by atoms with E-state index in [4.69, 9.17) is 4.74 Å².